The number of aromatic amines is 1. The van der Waals surface area contributed by atoms with Gasteiger partial charge in [-0.15, -0.1) is 0 Å². The van der Waals surface area contributed by atoms with Gasteiger partial charge in [0.25, 0.3) is 0 Å². The van der Waals surface area contributed by atoms with Crippen LogP contribution in [-0.2, 0) is 0 Å². The number of hydrogen-bond donors (Lipinski definition) is 2. The Morgan fingerprint density at radius 1 is 1.33 bits per heavy atom. The van der Waals surface area contributed by atoms with Gasteiger partial charge in [-0.25, -0.2) is 0 Å². The molecule has 0 aliphatic heterocycles. The van der Waals surface area contributed by atoms with Crippen LogP contribution in [0, 0.1) is 0 Å². The first-order chi connectivity index (χ1) is 7.31. The standard InChI is InChI=1S/C12H15N3/c1-9(8-13)11-7-12(15-14-11)10-5-3-2-4-6-10/h2-7,9H,8,13H2,1H3,(H,14,15). The van der Waals surface area contributed by atoms with Gasteiger partial charge in [0, 0.05) is 23.7 Å². The number of rotatable bonds is 3. The van der Waals surface area contributed by atoms with Crippen LogP contribution in [0.3, 0.4) is 0 Å². The summed E-state index contributed by atoms with van der Waals surface area (Å²) in [6, 6.07) is 12.2. The lowest BCUT2D eigenvalue weighted by Crippen LogP contribution is -2.08. The second kappa shape index (κ2) is 4.28. The second-order valence-corrected chi connectivity index (χ2v) is 3.71. The molecule has 0 aliphatic rings. The lowest BCUT2D eigenvalue weighted by Gasteiger charge is -2.02. The van der Waals surface area contributed by atoms with Crippen molar-refractivity contribution in [3.63, 3.8) is 0 Å². The van der Waals surface area contributed by atoms with E-state index in [9.17, 15) is 0 Å². The Morgan fingerprint density at radius 3 is 2.73 bits per heavy atom. The molecule has 3 heteroatoms. The first kappa shape index (κ1) is 9.93. The Bertz CT molecular complexity index is 419. The van der Waals surface area contributed by atoms with Crippen LogP contribution in [-0.4, -0.2) is 16.7 Å². The summed E-state index contributed by atoms with van der Waals surface area (Å²) in [5.41, 5.74) is 8.80. The van der Waals surface area contributed by atoms with Gasteiger partial charge in [-0.2, -0.15) is 5.10 Å². The fourth-order valence-electron chi connectivity index (χ4n) is 1.47. The van der Waals surface area contributed by atoms with Crippen molar-refractivity contribution < 1.29 is 0 Å². The highest BCUT2D eigenvalue weighted by Crippen LogP contribution is 2.20. The number of hydrogen-bond acceptors (Lipinski definition) is 2. The van der Waals surface area contributed by atoms with Crippen molar-refractivity contribution in [2.24, 2.45) is 5.73 Å². The zero-order chi connectivity index (χ0) is 10.7. The maximum atomic E-state index is 5.60. The maximum Gasteiger partial charge on any atom is 0.0923 e. The van der Waals surface area contributed by atoms with Gasteiger partial charge >= 0.3 is 0 Å². The maximum absolute atomic E-state index is 5.60. The van der Waals surface area contributed by atoms with Gasteiger partial charge in [-0.1, -0.05) is 37.3 Å². The summed E-state index contributed by atoms with van der Waals surface area (Å²) in [6.07, 6.45) is 0. The summed E-state index contributed by atoms with van der Waals surface area (Å²) in [5, 5.41) is 7.30. The second-order valence-electron chi connectivity index (χ2n) is 3.71. The normalized spacial score (nSPS) is 12.7. The average Bonchev–Trinajstić information content (AvgIpc) is 2.78. The fourth-order valence-corrected chi connectivity index (χ4v) is 1.47. The van der Waals surface area contributed by atoms with Crippen LogP contribution in [0.15, 0.2) is 36.4 Å². The third-order valence-electron chi connectivity index (χ3n) is 2.55. The van der Waals surface area contributed by atoms with Gasteiger partial charge in [0.1, 0.15) is 0 Å². The fraction of sp³-hybridized carbons (Fsp3) is 0.250. The smallest absolute Gasteiger partial charge is 0.0923 e. The van der Waals surface area contributed by atoms with Crippen molar-refractivity contribution in [3.8, 4) is 11.3 Å². The molecule has 2 aromatic rings. The highest BCUT2D eigenvalue weighted by Gasteiger charge is 2.08. The van der Waals surface area contributed by atoms with Crippen molar-refractivity contribution in [3.05, 3.63) is 42.1 Å². The molecular weight excluding hydrogens is 186 g/mol. The van der Waals surface area contributed by atoms with Crippen molar-refractivity contribution in [2.45, 2.75) is 12.8 Å². The number of benzene rings is 1. The van der Waals surface area contributed by atoms with Crippen molar-refractivity contribution in [1.82, 2.24) is 10.2 Å². The number of nitrogens with one attached hydrogen (secondary N) is 1. The van der Waals surface area contributed by atoms with E-state index in [-0.39, 0.29) is 0 Å². The Morgan fingerprint density at radius 2 is 2.07 bits per heavy atom. The molecule has 0 fully saturated rings. The predicted molar refractivity (Wildman–Crippen MR) is 61.5 cm³/mol. The average molecular weight is 201 g/mol. The zero-order valence-electron chi connectivity index (χ0n) is 8.77. The Labute approximate surface area is 89.3 Å². The van der Waals surface area contributed by atoms with E-state index in [2.05, 4.69) is 23.2 Å². The van der Waals surface area contributed by atoms with Gasteiger partial charge in [0.15, 0.2) is 0 Å². The Balaban J connectivity index is 2.28. The SMILES string of the molecule is CC(CN)c1cc(-c2ccccc2)n[nH]1. The van der Waals surface area contributed by atoms with Crippen molar-refractivity contribution in [2.75, 3.05) is 6.54 Å². The van der Waals surface area contributed by atoms with E-state index in [1.165, 1.54) is 0 Å². The molecule has 15 heavy (non-hydrogen) atoms. The van der Waals surface area contributed by atoms with Gasteiger partial charge in [0.2, 0.25) is 0 Å². The van der Waals surface area contributed by atoms with Crippen LogP contribution in [0.1, 0.15) is 18.5 Å². The molecule has 0 spiro atoms. The monoisotopic (exact) mass is 201 g/mol. The van der Waals surface area contributed by atoms with E-state index in [0.717, 1.165) is 17.0 Å². The molecule has 3 nitrogen and oxygen atoms in total. The zero-order valence-corrected chi connectivity index (χ0v) is 8.77. The van der Waals surface area contributed by atoms with Crippen molar-refractivity contribution >= 4 is 0 Å². The molecule has 1 aromatic heterocycles. The third kappa shape index (κ3) is 2.07. The van der Waals surface area contributed by atoms with E-state index in [0.29, 0.717) is 12.5 Å². The van der Waals surface area contributed by atoms with Crippen molar-refractivity contribution in [1.29, 1.82) is 0 Å². The highest BCUT2D eigenvalue weighted by atomic mass is 15.1. The predicted octanol–water partition coefficient (Wildman–Crippen LogP) is 2.14. The molecular formula is C12H15N3. The first-order valence-electron chi connectivity index (χ1n) is 5.12. The molecule has 0 aliphatic carbocycles. The Hall–Kier alpha value is -1.61. The quantitative estimate of drug-likeness (QED) is 0.799. The molecule has 2 rings (SSSR count). The number of H-pyrrole nitrogens is 1. The minimum atomic E-state index is 0.329. The molecule has 1 aromatic carbocycles. The lowest BCUT2D eigenvalue weighted by atomic mass is 10.1. The van der Waals surface area contributed by atoms with E-state index in [1.807, 2.05) is 30.3 Å². The summed E-state index contributed by atoms with van der Waals surface area (Å²) < 4.78 is 0. The number of aromatic nitrogens is 2. The largest absolute Gasteiger partial charge is 0.330 e. The topological polar surface area (TPSA) is 54.7 Å². The molecule has 0 saturated carbocycles. The molecule has 1 heterocycles. The molecule has 78 valence electrons. The first-order valence-corrected chi connectivity index (χ1v) is 5.12. The van der Waals surface area contributed by atoms with Gasteiger partial charge in [-0.05, 0) is 6.07 Å². The third-order valence-corrected chi connectivity index (χ3v) is 2.55. The molecule has 0 radical (unpaired) electrons. The van der Waals surface area contributed by atoms with E-state index >= 15 is 0 Å². The molecule has 0 bridgehead atoms. The molecule has 1 atom stereocenters. The molecule has 1 unspecified atom stereocenters. The summed E-state index contributed by atoms with van der Waals surface area (Å²) >= 11 is 0. The van der Waals surface area contributed by atoms with Gasteiger partial charge < -0.3 is 5.73 Å². The summed E-state index contributed by atoms with van der Waals surface area (Å²) in [7, 11) is 0. The highest BCUT2D eigenvalue weighted by molar-refractivity contribution is 5.59. The number of nitrogens with two attached hydrogens (primary N) is 1. The van der Waals surface area contributed by atoms with Crippen LogP contribution < -0.4 is 5.73 Å². The minimum absolute atomic E-state index is 0.329. The van der Waals surface area contributed by atoms with Crippen LogP contribution in [0.4, 0.5) is 0 Å². The lowest BCUT2D eigenvalue weighted by molar-refractivity contribution is 0.739. The van der Waals surface area contributed by atoms with Gasteiger partial charge in [-0.3, -0.25) is 5.10 Å². The van der Waals surface area contributed by atoms with Crippen LogP contribution in [0.5, 0.6) is 0 Å². The molecule has 0 saturated heterocycles. The van der Waals surface area contributed by atoms with Crippen LogP contribution in [0.25, 0.3) is 11.3 Å². The van der Waals surface area contributed by atoms with E-state index in [4.69, 9.17) is 5.73 Å². The summed E-state index contributed by atoms with van der Waals surface area (Å²) in [4.78, 5) is 0. The number of nitrogens with zero attached hydrogens (tertiary/aromatic N) is 1. The van der Waals surface area contributed by atoms with Crippen LogP contribution >= 0.6 is 0 Å². The minimum Gasteiger partial charge on any atom is -0.330 e. The Kier molecular flexibility index (Phi) is 2.83. The summed E-state index contributed by atoms with van der Waals surface area (Å²) in [6.45, 7) is 2.72. The molecule has 0 amide bonds. The van der Waals surface area contributed by atoms with Gasteiger partial charge in [0.05, 0.1) is 5.69 Å². The van der Waals surface area contributed by atoms with E-state index in [1.54, 1.807) is 0 Å². The summed E-state index contributed by atoms with van der Waals surface area (Å²) in [5.74, 6) is 0.329. The van der Waals surface area contributed by atoms with E-state index < -0.39 is 0 Å². The molecule has 3 N–H and O–H groups in total. The van der Waals surface area contributed by atoms with Crippen LogP contribution in [0.2, 0.25) is 0 Å².